The fourth-order valence-electron chi connectivity index (χ4n) is 3.12. The Morgan fingerprint density at radius 3 is 2.53 bits per heavy atom. The quantitative estimate of drug-likeness (QED) is 0.452. The summed E-state index contributed by atoms with van der Waals surface area (Å²) in [5, 5.41) is 7.85. The SMILES string of the molecule is CC(=O)NCCn1nc(-c2ccc(Oc3ccccc3)cc2)c2c(N)[nH]c(=O)nc21. The Morgan fingerprint density at radius 2 is 1.83 bits per heavy atom. The van der Waals surface area contributed by atoms with E-state index in [1.165, 1.54) is 6.92 Å². The van der Waals surface area contributed by atoms with E-state index in [2.05, 4.69) is 20.4 Å². The highest BCUT2D eigenvalue weighted by atomic mass is 16.5. The minimum absolute atomic E-state index is 0.147. The number of rotatable bonds is 6. The van der Waals surface area contributed by atoms with Crippen LogP contribution < -0.4 is 21.5 Å². The van der Waals surface area contributed by atoms with Crippen molar-refractivity contribution in [2.45, 2.75) is 13.5 Å². The molecule has 2 heterocycles. The maximum Gasteiger partial charge on any atom is 0.348 e. The highest BCUT2D eigenvalue weighted by molar-refractivity contribution is 5.98. The standard InChI is InChI=1S/C21H20N6O3/c1-13(28)23-11-12-27-20-17(19(22)24-21(29)25-20)18(26-27)14-7-9-16(10-8-14)30-15-5-3-2-4-6-15/h2-10H,11-12H2,1H3,(H,23,28)(H3,22,24,25,29). The van der Waals surface area contributed by atoms with E-state index in [1.807, 2.05) is 54.6 Å². The third-order valence-electron chi connectivity index (χ3n) is 4.45. The number of nitrogens with one attached hydrogen (secondary N) is 2. The average Bonchev–Trinajstić information content (AvgIpc) is 3.08. The molecule has 30 heavy (non-hydrogen) atoms. The van der Waals surface area contributed by atoms with Gasteiger partial charge in [-0.05, 0) is 36.4 Å². The molecule has 0 aliphatic heterocycles. The van der Waals surface area contributed by atoms with Crippen LogP contribution in [0.1, 0.15) is 6.92 Å². The highest BCUT2D eigenvalue weighted by Gasteiger charge is 2.17. The molecule has 152 valence electrons. The van der Waals surface area contributed by atoms with Crippen LogP contribution in [0.3, 0.4) is 0 Å². The summed E-state index contributed by atoms with van der Waals surface area (Å²) in [6, 6.07) is 16.9. The van der Waals surface area contributed by atoms with Crippen LogP contribution >= 0.6 is 0 Å². The third-order valence-corrected chi connectivity index (χ3v) is 4.45. The van der Waals surface area contributed by atoms with E-state index in [9.17, 15) is 9.59 Å². The van der Waals surface area contributed by atoms with Crippen molar-refractivity contribution in [3.8, 4) is 22.8 Å². The van der Waals surface area contributed by atoms with Gasteiger partial charge in [-0.1, -0.05) is 18.2 Å². The number of nitrogens with two attached hydrogens (primary N) is 1. The van der Waals surface area contributed by atoms with Crippen LogP contribution in [-0.4, -0.2) is 32.2 Å². The summed E-state index contributed by atoms with van der Waals surface area (Å²) in [6.07, 6.45) is 0. The Balaban J connectivity index is 1.69. The minimum Gasteiger partial charge on any atom is -0.457 e. The summed E-state index contributed by atoms with van der Waals surface area (Å²) in [5.41, 5.74) is 7.25. The molecule has 0 spiro atoms. The fourth-order valence-corrected chi connectivity index (χ4v) is 3.12. The van der Waals surface area contributed by atoms with Gasteiger partial charge in [0.1, 0.15) is 23.0 Å². The van der Waals surface area contributed by atoms with Gasteiger partial charge in [0.05, 0.1) is 11.9 Å². The zero-order valence-corrected chi connectivity index (χ0v) is 16.3. The van der Waals surface area contributed by atoms with Gasteiger partial charge in [-0.15, -0.1) is 0 Å². The van der Waals surface area contributed by atoms with Crippen molar-refractivity contribution in [3.05, 3.63) is 65.1 Å². The van der Waals surface area contributed by atoms with Crippen molar-refractivity contribution in [1.29, 1.82) is 0 Å². The number of amides is 1. The van der Waals surface area contributed by atoms with Crippen molar-refractivity contribution in [1.82, 2.24) is 25.1 Å². The Kier molecular flexibility index (Phi) is 5.17. The minimum atomic E-state index is -0.557. The van der Waals surface area contributed by atoms with Gasteiger partial charge in [0.2, 0.25) is 5.91 Å². The van der Waals surface area contributed by atoms with Gasteiger partial charge in [0, 0.05) is 19.0 Å². The smallest absolute Gasteiger partial charge is 0.348 e. The number of aromatic nitrogens is 4. The number of nitrogen functional groups attached to an aromatic ring is 1. The summed E-state index contributed by atoms with van der Waals surface area (Å²) in [7, 11) is 0. The fraction of sp³-hybridized carbons (Fsp3) is 0.143. The first-order valence-electron chi connectivity index (χ1n) is 9.35. The van der Waals surface area contributed by atoms with Crippen molar-refractivity contribution in [2.75, 3.05) is 12.3 Å². The van der Waals surface area contributed by atoms with Crippen molar-refractivity contribution >= 4 is 22.8 Å². The number of hydrogen-bond acceptors (Lipinski definition) is 6. The van der Waals surface area contributed by atoms with Crippen LogP contribution in [0.4, 0.5) is 5.82 Å². The molecule has 0 aliphatic rings. The number of H-pyrrole nitrogens is 1. The second-order valence-electron chi connectivity index (χ2n) is 6.65. The molecule has 1 amide bonds. The van der Waals surface area contributed by atoms with Gasteiger partial charge < -0.3 is 15.8 Å². The second-order valence-corrected chi connectivity index (χ2v) is 6.65. The molecule has 9 heteroatoms. The van der Waals surface area contributed by atoms with Crippen LogP contribution in [-0.2, 0) is 11.3 Å². The molecule has 0 atom stereocenters. The van der Waals surface area contributed by atoms with E-state index in [-0.39, 0.29) is 11.7 Å². The normalized spacial score (nSPS) is 10.8. The third kappa shape index (κ3) is 4.00. The van der Waals surface area contributed by atoms with Crippen LogP contribution in [0.2, 0.25) is 0 Å². The molecule has 2 aromatic carbocycles. The number of para-hydroxylation sites is 1. The van der Waals surface area contributed by atoms with Crippen LogP contribution in [0, 0.1) is 0 Å². The molecule has 2 aromatic heterocycles. The zero-order valence-electron chi connectivity index (χ0n) is 16.3. The first-order valence-corrected chi connectivity index (χ1v) is 9.35. The second kappa shape index (κ2) is 8.08. The Hall–Kier alpha value is -4.14. The molecule has 0 bridgehead atoms. The van der Waals surface area contributed by atoms with Gasteiger partial charge in [-0.3, -0.25) is 9.78 Å². The van der Waals surface area contributed by atoms with E-state index < -0.39 is 5.69 Å². The number of hydrogen-bond donors (Lipinski definition) is 3. The molecule has 4 N–H and O–H groups in total. The molecule has 0 fully saturated rings. The number of benzene rings is 2. The number of carbonyl (C=O) groups is 1. The van der Waals surface area contributed by atoms with Gasteiger partial charge >= 0.3 is 5.69 Å². The largest absolute Gasteiger partial charge is 0.457 e. The van der Waals surface area contributed by atoms with E-state index in [0.29, 0.717) is 35.6 Å². The molecule has 0 saturated carbocycles. The summed E-state index contributed by atoms with van der Waals surface area (Å²) in [5.74, 6) is 1.46. The number of aromatic amines is 1. The van der Waals surface area contributed by atoms with Crippen LogP contribution in [0.5, 0.6) is 11.5 Å². The summed E-state index contributed by atoms with van der Waals surface area (Å²) in [4.78, 5) is 29.5. The molecule has 9 nitrogen and oxygen atoms in total. The molecule has 0 unspecified atom stereocenters. The molecule has 0 saturated heterocycles. The Bertz CT molecular complexity index is 1250. The molecule has 0 aliphatic carbocycles. The number of anilines is 1. The summed E-state index contributed by atoms with van der Waals surface area (Å²) < 4.78 is 7.40. The van der Waals surface area contributed by atoms with E-state index >= 15 is 0 Å². The first-order chi connectivity index (χ1) is 14.5. The maximum atomic E-state index is 11.8. The number of nitrogens with zero attached hydrogens (tertiary/aromatic N) is 3. The predicted octanol–water partition coefficient (Wildman–Crippen LogP) is 2.30. The van der Waals surface area contributed by atoms with Gasteiger partial charge in [-0.25, -0.2) is 9.48 Å². The number of ether oxygens (including phenoxy) is 1. The van der Waals surface area contributed by atoms with Gasteiger partial charge in [0.15, 0.2) is 5.65 Å². The van der Waals surface area contributed by atoms with E-state index in [1.54, 1.807) is 4.68 Å². The molecular formula is C21H20N6O3. The lowest BCUT2D eigenvalue weighted by Crippen LogP contribution is -2.25. The van der Waals surface area contributed by atoms with Crippen molar-refractivity contribution in [3.63, 3.8) is 0 Å². The van der Waals surface area contributed by atoms with Gasteiger partial charge in [0.25, 0.3) is 0 Å². The van der Waals surface area contributed by atoms with E-state index in [0.717, 1.165) is 11.3 Å². The first kappa shape index (κ1) is 19.2. The lowest BCUT2D eigenvalue weighted by Gasteiger charge is -2.06. The molecule has 4 aromatic rings. The Labute approximate surface area is 171 Å². The highest BCUT2D eigenvalue weighted by Crippen LogP contribution is 2.31. The van der Waals surface area contributed by atoms with E-state index in [4.69, 9.17) is 10.5 Å². The lowest BCUT2D eigenvalue weighted by atomic mass is 10.1. The summed E-state index contributed by atoms with van der Waals surface area (Å²) in [6.45, 7) is 2.14. The Morgan fingerprint density at radius 1 is 1.13 bits per heavy atom. The van der Waals surface area contributed by atoms with Crippen molar-refractivity contribution in [2.24, 2.45) is 0 Å². The molecular weight excluding hydrogens is 384 g/mol. The predicted molar refractivity (Wildman–Crippen MR) is 113 cm³/mol. The van der Waals surface area contributed by atoms with Gasteiger partial charge in [-0.2, -0.15) is 10.1 Å². The molecule has 4 rings (SSSR count). The average molecular weight is 404 g/mol. The topological polar surface area (TPSA) is 128 Å². The number of carbonyl (C=O) groups excluding carboxylic acids is 1. The number of fused-ring (bicyclic) bond motifs is 1. The molecule has 0 radical (unpaired) electrons. The zero-order chi connectivity index (χ0) is 21.1. The van der Waals surface area contributed by atoms with Crippen molar-refractivity contribution < 1.29 is 9.53 Å². The van der Waals surface area contributed by atoms with Crippen LogP contribution in [0.15, 0.2) is 59.4 Å². The summed E-state index contributed by atoms with van der Waals surface area (Å²) >= 11 is 0. The van der Waals surface area contributed by atoms with Crippen LogP contribution in [0.25, 0.3) is 22.3 Å². The maximum absolute atomic E-state index is 11.8. The monoisotopic (exact) mass is 404 g/mol. The lowest BCUT2D eigenvalue weighted by molar-refractivity contribution is -0.118.